The molecule has 0 saturated carbocycles. The first-order valence-electron chi connectivity index (χ1n) is 11.1. The van der Waals surface area contributed by atoms with E-state index in [-0.39, 0.29) is 24.7 Å². The van der Waals surface area contributed by atoms with Crippen LogP contribution in [-0.4, -0.2) is 64.9 Å². The number of ether oxygens (including phenoxy) is 1. The third-order valence-electron chi connectivity index (χ3n) is 4.31. The number of nitrogens with one attached hydrogen (secondary N) is 3. The molecule has 0 aliphatic heterocycles. The third-order valence-corrected chi connectivity index (χ3v) is 4.31. The fraction of sp³-hybridized carbons (Fsp3) is 0.773. The van der Waals surface area contributed by atoms with Crippen molar-refractivity contribution in [2.45, 2.75) is 97.9 Å². The molecule has 196 valence electrons. The van der Waals surface area contributed by atoms with Gasteiger partial charge in [0, 0.05) is 6.42 Å². The summed E-state index contributed by atoms with van der Waals surface area (Å²) in [7, 11) is 0. The molecular formula is C22H37F2N3O7. The number of carboxylic acids is 1. The molecule has 0 bridgehead atoms. The van der Waals surface area contributed by atoms with Gasteiger partial charge in [-0.15, -0.1) is 0 Å². The predicted molar refractivity (Wildman–Crippen MR) is 119 cm³/mol. The molecule has 0 aromatic heterocycles. The van der Waals surface area contributed by atoms with Crippen molar-refractivity contribution in [1.29, 1.82) is 0 Å². The molecule has 10 nitrogen and oxygen atoms in total. The molecule has 34 heavy (non-hydrogen) atoms. The number of rotatable bonds is 13. The second-order valence-corrected chi connectivity index (χ2v) is 9.88. The first-order chi connectivity index (χ1) is 15.4. The Morgan fingerprint density at radius 1 is 0.765 bits per heavy atom. The minimum atomic E-state index is -3.04. The maximum Gasteiger partial charge on any atom is 0.408 e. The Kier molecular flexibility index (Phi) is 12.7. The van der Waals surface area contributed by atoms with Crippen LogP contribution in [0.1, 0.15) is 67.7 Å². The van der Waals surface area contributed by atoms with Crippen molar-refractivity contribution in [2.75, 3.05) is 0 Å². The van der Waals surface area contributed by atoms with Gasteiger partial charge in [-0.25, -0.2) is 18.4 Å². The monoisotopic (exact) mass is 493 g/mol. The van der Waals surface area contributed by atoms with Crippen LogP contribution in [0.2, 0.25) is 0 Å². The van der Waals surface area contributed by atoms with Gasteiger partial charge in [-0.3, -0.25) is 14.4 Å². The highest BCUT2D eigenvalue weighted by molar-refractivity contribution is 6.35. The van der Waals surface area contributed by atoms with Crippen LogP contribution >= 0.6 is 0 Å². The van der Waals surface area contributed by atoms with Crippen LogP contribution in [0.25, 0.3) is 0 Å². The fourth-order valence-corrected chi connectivity index (χ4v) is 2.96. The van der Waals surface area contributed by atoms with E-state index in [2.05, 4.69) is 10.6 Å². The fourth-order valence-electron chi connectivity index (χ4n) is 2.96. The van der Waals surface area contributed by atoms with Gasteiger partial charge in [0.1, 0.15) is 23.7 Å². The molecule has 12 heteroatoms. The second kappa shape index (κ2) is 13.8. The third kappa shape index (κ3) is 13.0. The summed E-state index contributed by atoms with van der Waals surface area (Å²) < 4.78 is 30.8. The van der Waals surface area contributed by atoms with Crippen molar-refractivity contribution < 1.29 is 42.6 Å². The molecule has 0 radical (unpaired) electrons. The van der Waals surface area contributed by atoms with Crippen molar-refractivity contribution in [3.8, 4) is 0 Å². The minimum Gasteiger partial charge on any atom is -0.475 e. The zero-order valence-electron chi connectivity index (χ0n) is 20.7. The van der Waals surface area contributed by atoms with E-state index < -0.39 is 66.2 Å². The van der Waals surface area contributed by atoms with Gasteiger partial charge in [0.05, 0.1) is 0 Å². The van der Waals surface area contributed by atoms with E-state index in [4.69, 9.17) is 9.84 Å². The number of amides is 3. The molecule has 4 N–H and O–H groups in total. The van der Waals surface area contributed by atoms with Gasteiger partial charge in [0.15, 0.2) is 0 Å². The van der Waals surface area contributed by atoms with Crippen molar-refractivity contribution in [3.63, 3.8) is 0 Å². The van der Waals surface area contributed by atoms with E-state index in [1.165, 1.54) is 0 Å². The van der Waals surface area contributed by atoms with Crippen LogP contribution in [0, 0.1) is 11.8 Å². The summed E-state index contributed by atoms with van der Waals surface area (Å²) >= 11 is 0. The average Bonchev–Trinajstić information content (AvgIpc) is 2.62. The van der Waals surface area contributed by atoms with Gasteiger partial charge in [-0.2, -0.15) is 0 Å². The van der Waals surface area contributed by atoms with Crippen molar-refractivity contribution >= 4 is 29.7 Å². The number of hydrogen-bond acceptors (Lipinski definition) is 6. The van der Waals surface area contributed by atoms with Crippen molar-refractivity contribution in [2.24, 2.45) is 11.8 Å². The quantitative estimate of drug-likeness (QED) is 0.287. The lowest BCUT2D eigenvalue weighted by molar-refractivity contribution is -0.151. The lowest BCUT2D eigenvalue weighted by atomic mass is 9.99. The topological polar surface area (TPSA) is 151 Å². The number of Topliss-reactive ketones (excluding diaryl/α,β-unsaturated/α-hetero) is 1. The summed E-state index contributed by atoms with van der Waals surface area (Å²) in [5.74, 6) is -5.41. The van der Waals surface area contributed by atoms with Crippen LogP contribution in [-0.2, 0) is 23.9 Å². The van der Waals surface area contributed by atoms with Crippen LogP contribution < -0.4 is 16.0 Å². The second-order valence-electron chi connectivity index (χ2n) is 9.88. The highest BCUT2D eigenvalue weighted by Crippen LogP contribution is 2.12. The molecule has 1 unspecified atom stereocenters. The van der Waals surface area contributed by atoms with Crippen molar-refractivity contribution in [1.82, 2.24) is 16.0 Å². The number of halogens is 2. The average molecular weight is 494 g/mol. The van der Waals surface area contributed by atoms with Gasteiger partial charge >= 0.3 is 12.1 Å². The van der Waals surface area contributed by atoms with Gasteiger partial charge in [0.25, 0.3) is 5.78 Å². The summed E-state index contributed by atoms with van der Waals surface area (Å²) in [6.45, 7) is 12.1. The summed E-state index contributed by atoms with van der Waals surface area (Å²) in [4.78, 5) is 60.6. The van der Waals surface area contributed by atoms with Crippen LogP contribution in [0.15, 0.2) is 0 Å². The Balaban J connectivity index is 5.64. The first-order valence-corrected chi connectivity index (χ1v) is 11.1. The number of hydrogen-bond donors (Lipinski definition) is 4. The van der Waals surface area contributed by atoms with E-state index >= 15 is 0 Å². The molecule has 3 atom stereocenters. The summed E-state index contributed by atoms with van der Waals surface area (Å²) in [6.07, 6.45) is -4.77. The Hall–Kier alpha value is -2.79. The largest absolute Gasteiger partial charge is 0.475 e. The van der Waals surface area contributed by atoms with Crippen LogP contribution in [0.4, 0.5) is 13.6 Å². The van der Waals surface area contributed by atoms with Gasteiger partial charge in [-0.05, 0) is 45.4 Å². The number of carbonyl (C=O) groups excluding carboxylic acids is 4. The van der Waals surface area contributed by atoms with Crippen LogP contribution in [0.5, 0.6) is 0 Å². The number of carboxylic acid groups (broad SMARTS) is 1. The summed E-state index contributed by atoms with van der Waals surface area (Å²) in [5, 5.41) is 15.8. The van der Waals surface area contributed by atoms with E-state index in [0.717, 1.165) is 0 Å². The molecule has 0 saturated heterocycles. The molecule has 0 fully saturated rings. The molecule has 0 aromatic carbocycles. The Labute approximate surface area is 198 Å². The molecule has 0 aliphatic rings. The highest BCUT2D eigenvalue weighted by atomic mass is 19.3. The van der Waals surface area contributed by atoms with Gasteiger partial charge in [-0.1, -0.05) is 27.7 Å². The molecule has 0 aromatic rings. The Morgan fingerprint density at radius 3 is 1.53 bits per heavy atom. The number of ketones is 1. The maximum atomic E-state index is 12.9. The van der Waals surface area contributed by atoms with E-state index in [1.807, 2.05) is 19.2 Å². The zero-order valence-corrected chi connectivity index (χ0v) is 20.7. The predicted octanol–water partition coefficient (Wildman–Crippen LogP) is 2.25. The summed E-state index contributed by atoms with van der Waals surface area (Å²) in [6, 6.07) is -4.28. The number of alkyl halides is 2. The first kappa shape index (κ1) is 31.2. The molecular weight excluding hydrogens is 456 g/mol. The maximum absolute atomic E-state index is 12.9. The molecule has 0 aliphatic carbocycles. The Morgan fingerprint density at radius 2 is 1.18 bits per heavy atom. The molecule has 3 amide bonds. The van der Waals surface area contributed by atoms with E-state index in [1.54, 1.807) is 34.6 Å². The van der Waals surface area contributed by atoms with Gasteiger partial charge < -0.3 is 25.8 Å². The highest BCUT2D eigenvalue weighted by Gasteiger charge is 2.34. The minimum absolute atomic E-state index is 0.0216. The smallest absolute Gasteiger partial charge is 0.408 e. The van der Waals surface area contributed by atoms with E-state index in [0.29, 0.717) is 0 Å². The van der Waals surface area contributed by atoms with Crippen LogP contribution in [0.3, 0.4) is 0 Å². The molecule has 0 spiro atoms. The number of alkyl carbamates (subject to hydrolysis) is 1. The normalized spacial score (nSPS) is 14.4. The van der Waals surface area contributed by atoms with Gasteiger partial charge in [0.2, 0.25) is 18.2 Å². The molecule has 0 heterocycles. The Bertz CT molecular complexity index is 737. The standard InChI is InChI=1S/C22H37F2N3O7/c1-11(2)8-14(18(29)25-13(10-16(23)24)17(28)20(31)32)26-19(30)15(9-12(3)4)27-21(33)34-22(5,6)7/h11-16H,8-10H2,1-7H3,(H,25,29)(H,26,30)(H,27,33)(H,31,32)/t13?,14-,15-/m0/s1. The lowest BCUT2D eigenvalue weighted by Crippen LogP contribution is -2.57. The number of carbonyl (C=O) groups is 5. The lowest BCUT2D eigenvalue weighted by Gasteiger charge is -2.27. The summed E-state index contributed by atoms with van der Waals surface area (Å²) in [5.41, 5.74) is -0.806. The SMILES string of the molecule is CC(C)C[C@H](NC(=O)OC(C)(C)C)C(=O)N[C@@H](CC(C)C)C(=O)NC(CC(F)F)C(=O)C(=O)O. The molecule has 0 rings (SSSR count). The number of aliphatic carboxylic acids is 1. The van der Waals surface area contributed by atoms with Crippen molar-refractivity contribution in [3.05, 3.63) is 0 Å². The zero-order chi connectivity index (χ0) is 26.8. The van der Waals surface area contributed by atoms with E-state index in [9.17, 15) is 32.8 Å².